The number of carbonyl (C=O) groups is 1. The topological polar surface area (TPSA) is 47.6 Å². The van der Waals surface area contributed by atoms with Gasteiger partial charge in [0.05, 0.1) is 12.7 Å². The van der Waals surface area contributed by atoms with E-state index in [0.29, 0.717) is 17.9 Å². The molecule has 1 aromatic carbocycles. The Labute approximate surface area is 94.6 Å². The zero-order chi connectivity index (χ0) is 11.5. The molecule has 1 aromatic rings. The van der Waals surface area contributed by atoms with Gasteiger partial charge in [-0.1, -0.05) is 6.07 Å². The van der Waals surface area contributed by atoms with E-state index < -0.39 is 0 Å². The predicted octanol–water partition coefficient (Wildman–Crippen LogP) is 0.996. The summed E-state index contributed by atoms with van der Waals surface area (Å²) in [5.74, 6) is 0.420. The van der Waals surface area contributed by atoms with Gasteiger partial charge in [-0.15, -0.1) is 0 Å². The molecule has 0 aliphatic carbocycles. The average Bonchev–Trinajstić information content (AvgIpc) is 2.29. The summed E-state index contributed by atoms with van der Waals surface area (Å²) in [6.45, 7) is 0.678. The van der Waals surface area contributed by atoms with E-state index in [1.165, 1.54) is 0 Å². The van der Waals surface area contributed by atoms with Crippen molar-refractivity contribution in [3.05, 3.63) is 29.3 Å². The highest BCUT2D eigenvalue weighted by molar-refractivity contribution is 5.92. The Bertz CT molecular complexity index is 403. The molecule has 4 heteroatoms. The summed E-state index contributed by atoms with van der Waals surface area (Å²) in [6, 6.07) is 5.53. The van der Waals surface area contributed by atoms with Crippen LogP contribution in [0.25, 0.3) is 0 Å². The van der Waals surface area contributed by atoms with Crippen LogP contribution in [0.2, 0.25) is 0 Å². The highest BCUT2D eigenvalue weighted by Gasteiger charge is 2.26. The number of hydrogen-bond donors (Lipinski definition) is 1. The van der Waals surface area contributed by atoms with Gasteiger partial charge in [-0.25, -0.2) is 4.79 Å². The van der Waals surface area contributed by atoms with Gasteiger partial charge in [-0.05, 0) is 24.7 Å². The molecule has 1 N–H and O–H groups in total. The molecule has 0 aromatic heterocycles. The molecule has 1 heterocycles. The van der Waals surface area contributed by atoms with Crippen molar-refractivity contribution in [3.63, 3.8) is 0 Å². The lowest BCUT2D eigenvalue weighted by Crippen LogP contribution is -2.35. The van der Waals surface area contributed by atoms with Gasteiger partial charge >= 0.3 is 5.97 Å². The van der Waals surface area contributed by atoms with E-state index in [2.05, 4.69) is 5.32 Å². The standard InChI is InChI=1S/C12H15NO3/c1-13-7-10-5-8-3-4-9(15-2)6-11(8)12(14)16-10/h3-4,6,10,13H,5,7H2,1-2H3. The fraction of sp³-hybridized carbons (Fsp3) is 0.417. The minimum Gasteiger partial charge on any atom is -0.497 e. The first kappa shape index (κ1) is 11.0. The second-order valence-corrected chi connectivity index (χ2v) is 3.81. The van der Waals surface area contributed by atoms with Crippen molar-refractivity contribution in [2.24, 2.45) is 0 Å². The third kappa shape index (κ3) is 2.02. The van der Waals surface area contributed by atoms with Crippen molar-refractivity contribution >= 4 is 5.97 Å². The van der Waals surface area contributed by atoms with Gasteiger partial charge in [0.25, 0.3) is 0 Å². The van der Waals surface area contributed by atoms with Crippen molar-refractivity contribution in [1.82, 2.24) is 5.32 Å². The summed E-state index contributed by atoms with van der Waals surface area (Å²) >= 11 is 0. The molecule has 1 aliphatic rings. The molecule has 0 amide bonds. The first-order valence-electron chi connectivity index (χ1n) is 5.27. The molecule has 0 saturated carbocycles. The molecule has 0 fully saturated rings. The van der Waals surface area contributed by atoms with Crippen molar-refractivity contribution in [2.45, 2.75) is 12.5 Å². The van der Waals surface area contributed by atoms with Crippen molar-refractivity contribution < 1.29 is 14.3 Å². The molecule has 1 atom stereocenters. The Hall–Kier alpha value is -1.55. The van der Waals surface area contributed by atoms with Crippen LogP contribution in [0, 0.1) is 0 Å². The summed E-state index contributed by atoms with van der Waals surface area (Å²) < 4.78 is 10.4. The highest BCUT2D eigenvalue weighted by Crippen LogP contribution is 2.24. The summed E-state index contributed by atoms with van der Waals surface area (Å²) in [5, 5.41) is 3.01. The normalized spacial score (nSPS) is 18.9. The number of benzene rings is 1. The summed E-state index contributed by atoms with van der Waals surface area (Å²) in [6.07, 6.45) is 0.685. The number of rotatable bonds is 3. The first-order chi connectivity index (χ1) is 7.74. The Morgan fingerprint density at radius 3 is 3.06 bits per heavy atom. The summed E-state index contributed by atoms with van der Waals surface area (Å²) in [7, 11) is 3.43. The average molecular weight is 221 g/mol. The second kappa shape index (κ2) is 4.53. The fourth-order valence-corrected chi connectivity index (χ4v) is 1.89. The van der Waals surface area contributed by atoms with Gasteiger partial charge in [0, 0.05) is 13.0 Å². The number of hydrogen-bond acceptors (Lipinski definition) is 4. The van der Waals surface area contributed by atoms with E-state index in [1.807, 2.05) is 19.2 Å². The molecule has 1 aliphatic heterocycles. The van der Waals surface area contributed by atoms with E-state index in [1.54, 1.807) is 13.2 Å². The molecular formula is C12H15NO3. The van der Waals surface area contributed by atoms with E-state index >= 15 is 0 Å². The zero-order valence-corrected chi connectivity index (χ0v) is 9.45. The third-order valence-corrected chi connectivity index (χ3v) is 2.69. The lowest BCUT2D eigenvalue weighted by atomic mass is 9.98. The zero-order valence-electron chi connectivity index (χ0n) is 9.45. The maximum absolute atomic E-state index is 11.7. The van der Waals surface area contributed by atoms with E-state index in [9.17, 15) is 4.79 Å². The first-order valence-corrected chi connectivity index (χ1v) is 5.27. The van der Waals surface area contributed by atoms with Crippen LogP contribution in [0.3, 0.4) is 0 Å². The number of cyclic esters (lactones) is 1. The van der Waals surface area contributed by atoms with Crippen molar-refractivity contribution in [2.75, 3.05) is 20.7 Å². The van der Waals surface area contributed by atoms with E-state index in [-0.39, 0.29) is 12.1 Å². The maximum atomic E-state index is 11.7. The van der Waals surface area contributed by atoms with Crippen molar-refractivity contribution in [1.29, 1.82) is 0 Å². The van der Waals surface area contributed by atoms with Gasteiger partial charge < -0.3 is 14.8 Å². The number of likely N-dealkylation sites (N-methyl/N-ethyl adjacent to an activating group) is 1. The van der Waals surface area contributed by atoms with Crippen LogP contribution in [0.15, 0.2) is 18.2 Å². The smallest absolute Gasteiger partial charge is 0.338 e. The van der Waals surface area contributed by atoms with Gasteiger partial charge in [-0.2, -0.15) is 0 Å². The van der Waals surface area contributed by atoms with Crippen LogP contribution in [0.5, 0.6) is 5.75 Å². The van der Waals surface area contributed by atoms with Crippen LogP contribution < -0.4 is 10.1 Å². The molecule has 0 bridgehead atoms. The minimum absolute atomic E-state index is 0.0709. The number of nitrogens with one attached hydrogen (secondary N) is 1. The molecule has 0 saturated heterocycles. The Balaban J connectivity index is 2.27. The van der Waals surface area contributed by atoms with E-state index in [4.69, 9.17) is 9.47 Å². The third-order valence-electron chi connectivity index (χ3n) is 2.69. The monoisotopic (exact) mass is 221 g/mol. The second-order valence-electron chi connectivity index (χ2n) is 3.81. The molecule has 4 nitrogen and oxygen atoms in total. The van der Waals surface area contributed by atoms with Crippen LogP contribution >= 0.6 is 0 Å². The number of esters is 1. The Kier molecular flexibility index (Phi) is 3.10. The van der Waals surface area contributed by atoms with E-state index in [0.717, 1.165) is 12.0 Å². The van der Waals surface area contributed by atoms with Crippen LogP contribution in [0.4, 0.5) is 0 Å². The SMILES string of the molecule is CNCC1Cc2ccc(OC)cc2C(=O)O1. The maximum Gasteiger partial charge on any atom is 0.338 e. The molecule has 0 radical (unpaired) electrons. The number of ether oxygens (including phenoxy) is 2. The highest BCUT2D eigenvalue weighted by atomic mass is 16.5. The van der Waals surface area contributed by atoms with Gasteiger partial charge in [0.1, 0.15) is 11.9 Å². The van der Waals surface area contributed by atoms with Crippen LogP contribution in [-0.4, -0.2) is 32.8 Å². The lowest BCUT2D eigenvalue weighted by Gasteiger charge is -2.24. The van der Waals surface area contributed by atoms with Crippen LogP contribution in [-0.2, 0) is 11.2 Å². The number of carbonyl (C=O) groups excluding carboxylic acids is 1. The quantitative estimate of drug-likeness (QED) is 0.773. The van der Waals surface area contributed by atoms with Gasteiger partial charge in [-0.3, -0.25) is 0 Å². The number of methoxy groups -OCH3 is 1. The molecule has 0 spiro atoms. The lowest BCUT2D eigenvalue weighted by molar-refractivity contribution is 0.0263. The molecule has 16 heavy (non-hydrogen) atoms. The summed E-state index contributed by atoms with van der Waals surface area (Å²) in [5.41, 5.74) is 1.64. The Morgan fingerprint density at radius 1 is 1.56 bits per heavy atom. The Morgan fingerprint density at radius 2 is 2.38 bits per heavy atom. The summed E-state index contributed by atoms with van der Waals surface area (Å²) in [4.78, 5) is 11.7. The van der Waals surface area contributed by atoms with Crippen molar-refractivity contribution in [3.8, 4) is 5.75 Å². The molecular weight excluding hydrogens is 206 g/mol. The van der Waals surface area contributed by atoms with Gasteiger partial charge in [0.15, 0.2) is 0 Å². The van der Waals surface area contributed by atoms with Crippen LogP contribution in [0.1, 0.15) is 15.9 Å². The molecule has 86 valence electrons. The number of fused-ring (bicyclic) bond motifs is 1. The van der Waals surface area contributed by atoms with Gasteiger partial charge in [0.2, 0.25) is 0 Å². The molecule has 2 rings (SSSR count). The fourth-order valence-electron chi connectivity index (χ4n) is 1.89. The predicted molar refractivity (Wildman–Crippen MR) is 59.8 cm³/mol. The molecule has 1 unspecified atom stereocenters. The largest absolute Gasteiger partial charge is 0.497 e. The minimum atomic E-state index is -0.264.